The van der Waals surface area contributed by atoms with Gasteiger partial charge in [0.05, 0.1) is 11.6 Å². The number of carbonyl (C=O) groups excluding carboxylic acids is 1. The van der Waals surface area contributed by atoms with E-state index in [-0.39, 0.29) is 12.0 Å². The molecule has 1 N–H and O–H groups in total. The first-order valence-corrected chi connectivity index (χ1v) is 5.37. The second-order valence-electron chi connectivity index (χ2n) is 3.81. The average Bonchev–Trinajstić information content (AvgIpc) is 2.32. The van der Waals surface area contributed by atoms with E-state index in [4.69, 9.17) is 4.74 Å². The van der Waals surface area contributed by atoms with Gasteiger partial charge in [0.1, 0.15) is 6.61 Å². The van der Waals surface area contributed by atoms with Gasteiger partial charge in [0.2, 0.25) is 0 Å². The fourth-order valence-corrected chi connectivity index (χ4v) is 1.91. The minimum atomic E-state index is -0.190. The lowest BCUT2D eigenvalue weighted by Crippen LogP contribution is -2.42. The van der Waals surface area contributed by atoms with E-state index in [2.05, 4.69) is 17.1 Å². The maximum absolute atomic E-state index is 11.5. The van der Waals surface area contributed by atoms with Crippen molar-refractivity contribution < 1.29 is 9.53 Å². The quantitative estimate of drug-likeness (QED) is 0.701. The number of rotatable bonds is 3. The smallest absolute Gasteiger partial charge is 0.335 e. The summed E-state index contributed by atoms with van der Waals surface area (Å²) in [4.78, 5) is 13.7. The molecule has 0 fully saturated rings. The van der Waals surface area contributed by atoms with Crippen LogP contribution in [0.3, 0.4) is 0 Å². The summed E-state index contributed by atoms with van der Waals surface area (Å²) in [6.45, 7) is 8.07. The van der Waals surface area contributed by atoms with Gasteiger partial charge in [-0.2, -0.15) is 0 Å². The fraction of sp³-hybridized carbons (Fsp3) is 0.727. The van der Waals surface area contributed by atoms with Crippen molar-refractivity contribution in [3.8, 4) is 0 Å². The lowest BCUT2D eigenvalue weighted by molar-refractivity contribution is -0.139. The Morgan fingerprint density at radius 3 is 2.73 bits per heavy atom. The highest BCUT2D eigenvalue weighted by atomic mass is 16.5. The summed E-state index contributed by atoms with van der Waals surface area (Å²) in [5.74, 6) is -0.190. The first kappa shape index (κ1) is 12.0. The summed E-state index contributed by atoms with van der Waals surface area (Å²) in [6.07, 6.45) is 0. The molecule has 1 heterocycles. The summed E-state index contributed by atoms with van der Waals surface area (Å²) in [5, 5.41) is 3.12. The van der Waals surface area contributed by atoms with Gasteiger partial charge >= 0.3 is 5.97 Å². The third-order valence-electron chi connectivity index (χ3n) is 2.91. The molecular formula is C11H20N2O2. The van der Waals surface area contributed by atoms with Crippen LogP contribution in [-0.2, 0) is 9.53 Å². The van der Waals surface area contributed by atoms with Crippen molar-refractivity contribution >= 4 is 5.97 Å². The van der Waals surface area contributed by atoms with Gasteiger partial charge < -0.3 is 15.0 Å². The van der Waals surface area contributed by atoms with E-state index in [1.165, 1.54) is 0 Å². The molecule has 0 aromatic carbocycles. The van der Waals surface area contributed by atoms with Gasteiger partial charge in [-0.25, -0.2) is 4.79 Å². The first-order chi connectivity index (χ1) is 7.11. The largest absolute Gasteiger partial charge is 0.460 e. The minimum Gasteiger partial charge on any atom is -0.460 e. The normalized spacial score (nSPS) is 22.8. The highest BCUT2D eigenvalue weighted by Gasteiger charge is 2.25. The Bertz CT molecular complexity index is 274. The number of nitrogens with one attached hydrogen (secondary N) is 1. The molecule has 1 aliphatic heterocycles. The van der Waals surface area contributed by atoms with Gasteiger partial charge in [0.15, 0.2) is 0 Å². The zero-order chi connectivity index (χ0) is 11.4. The second-order valence-corrected chi connectivity index (χ2v) is 3.81. The number of hydrogen-bond acceptors (Lipinski definition) is 4. The van der Waals surface area contributed by atoms with Crippen LogP contribution in [0.15, 0.2) is 11.3 Å². The molecule has 0 aromatic heterocycles. The van der Waals surface area contributed by atoms with Crippen molar-refractivity contribution in [2.45, 2.75) is 26.8 Å². The Morgan fingerprint density at radius 2 is 2.20 bits per heavy atom. The molecule has 0 saturated heterocycles. The molecule has 86 valence electrons. The van der Waals surface area contributed by atoms with E-state index in [1.54, 1.807) is 0 Å². The van der Waals surface area contributed by atoms with Gasteiger partial charge in [-0.15, -0.1) is 0 Å². The Morgan fingerprint density at radius 1 is 1.53 bits per heavy atom. The summed E-state index contributed by atoms with van der Waals surface area (Å²) in [6, 6.07) is 0.237. The van der Waals surface area contributed by atoms with Gasteiger partial charge in [0.25, 0.3) is 0 Å². The monoisotopic (exact) mass is 212 g/mol. The van der Waals surface area contributed by atoms with Crippen LogP contribution in [0.4, 0.5) is 0 Å². The van der Waals surface area contributed by atoms with E-state index in [0.29, 0.717) is 6.61 Å². The van der Waals surface area contributed by atoms with Crippen molar-refractivity contribution in [1.29, 1.82) is 0 Å². The van der Waals surface area contributed by atoms with Crippen LogP contribution in [0.1, 0.15) is 20.8 Å². The number of esters is 1. The molecule has 0 saturated carbocycles. The molecule has 0 aliphatic carbocycles. The molecule has 0 aromatic rings. The Kier molecular flexibility index (Phi) is 4.15. The highest BCUT2D eigenvalue weighted by Crippen LogP contribution is 2.18. The van der Waals surface area contributed by atoms with Crippen molar-refractivity contribution in [3.05, 3.63) is 11.3 Å². The average molecular weight is 212 g/mol. The van der Waals surface area contributed by atoms with Crippen LogP contribution < -0.4 is 5.32 Å². The number of allylic oxidation sites excluding steroid dienone is 1. The lowest BCUT2D eigenvalue weighted by Gasteiger charge is -2.31. The van der Waals surface area contributed by atoms with Crippen LogP contribution in [0.25, 0.3) is 0 Å². The maximum Gasteiger partial charge on any atom is 0.335 e. The van der Waals surface area contributed by atoms with Crippen molar-refractivity contribution in [1.82, 2.24) is 10.2 Å². The third-order valence-corrected chi connectivity index (χ3v) is 2.91. The van der Waals surface area contributed by atoms with Crippen molar-refractivity contribution in [2.24, 2.45) is 0 Å². The van der Waals surface area contributed by atoms with Crippen LogP contribution in [0, 0.1) is 0 Å². The molecule has 0 radical (unpaired) electrons. The van der Waals surface area contributed by atoms with E-state index in [1.807, 2.05) is 20.9 Å². The summed E-state index contributed by atoms with van der Waals surface area (Å²) < 4.78 is 5.20. The Balaban J connectivity index is 2.93. The summed E-state index contributed by atoms with van der Waals surface area (Å²) in [5.41, 5.74) is 1.75. The Labute approximate surface area is 91.3 Å². The number of hydrogen-bond donors (Lipinski definition) is 1. The van der Waals surface area contributed by atoms with Crippen LogP contribution in [0.5, 0.6) is 0 Å². The topological polar surface area (TPSA) is 41.6 Å². The molecule has 1 aliphatic rings. The minimum absolute atomic E-state index is 0.190. The molecule has 4 heteroatoms. The summed E-state index contributed by atoms with van der Waals surface area (Å²) in [7, 11) is 1.91. The van der Waals surface area contributed by atoms with E-state index >= 15 is 0 Å². The van der Waals surface area contributed by atoms with Gasteiger partial charge in [-0.1, -0.05) is 0 Å². The lowest BCUT2D eigenvalue weighted by atomic mass is 10.2. The number of cyclic esters (lactones) is 1. The maximum atomic E-state index is 11.5. The number of likely N-dealkylation sites (N-methyl/N-ethyl adjacent to an activating group) is 2. The van der Waals surface area contributed by atoms with Gasteiger partial charge in [-0.05, 0) is 27.8 Å². The van der Waals surface area contributed by atoms with Crippen molar-refractivity contribution in [3.63, 3.8) is 0 Å². The van der Waals surface area contributed by atoms with Gasteiger partial charge in [-0.3, -0.25) is 0 Å². The van der Waals surface area contributed by atoms with Gasteiger partial charge in [0, 0.05) is 18.8 Å². The SMILES string of the molecule is CCN1C(C)=C(C)C(=O)OCC1CNC. The van der Waals surface area contributed by atoms with E-state index in [9.17, 15) is 4.79 Å². The molecule has 1 atom stereocenters. The number of nitrogens with zero attached hydrogens (tertiary/aromatic N) is 1. The number of carbonyl (C=O) groups is 1. The van der Waals surface area contributed by atoms with Crippen LogP contribution >= 0.6 is 0 Å². The first-order valence-electron chi connectivity index (χ1n) is 5.37. The molecule has 1 rings (SSSR count). The zero-order valence-corrected chi connectivity index (χ0v) is 9.96. The number of ether oxygens (including phenoxy) is 1. The molecule has 0 amide bonds. The van der Waals surface area contributed by atoms with E-state index in [0.717, 1.165) is 24.4 Å². The highest BCUT2D eigenvalue weighted by molar-refractivity contribution is 5.88. The fourth-order valence-electron chi connectivity index (χ4n) is 1.91. The van der Waals surface area contributed by atoms with Crippen molar-refractivity contribution in [2.75, 3.05) is 26.7 Å². The predicted molar refractivity (Wildman–Crippen MR) is 59.4 cm³/mol. The van der Waals surface area contributed by atoms with Crippen LogP contribution in [-0.4, -0.2) is 43.7 Å². The molecule has 0 spiro atoms. The Hall–Kier alpha value is -1.03. The standard InChI is InChI=1S/C11H20N2O2/c1-5-13-9(3)8(2)11(14)15-7-10(13)6-12-4/h10,12H,5-7H2,1-4H3. The zero-order valence-electron chi connectivity index (χ0n) is 9.96. The summed E-state index contributed by atoms with van der Waals surface area (Å²) >= 11 is 0. The third kappa shape index (κ3) is 2.50. The molecule has 4 nitrogen and oxygen atoms in total. The molecule has 0 bridgehead atoms. The van der Waals surface area contributed by atoms with Crippen LogP contribution in [0.2, 0.25) is 0 Å². The second kappa shape index (κ2) is 5.16. The molecule has 15 heavy (non-hydrogen) atoms. The van der Waals surface area contributed by atoms with E-state index < -0.39 is 0 Å². The molecular weight excluding hydrogens is 192 g/mol. The molecule has 1 unspecified atom stereocenters. The predicted octanol–water partition coefficient (Wildman–Crippen LogP) is 0.747.